The van der Waals surface area contributed by atoms with Crippen molar-refractivity contribution in [3.8, 4) is 5.75 Å². The molecule has 118 valence electrons. The molecule has 2 unspecified atom stereocenters. The number of rotatable bonds is 5. The maximum absolute atomic E-state index is 13.1. The Morgan fingerprint density at radius 3 is 2.55 bits per heavy atom. The molecule has 3 nitrogen and oxygen atoms in total. The van der Waals surface area contributed by atoms with Crippen LogP contribution in [0.2, 0.25) is 0 Å². The van der Waals surface area contributed by atoms with Gasteiger partial charge in [-0.15, -0.1) is 0 Å². The van der Waals surface area contributed by atoms with Gasteiger partial charge < -0.3 is 10.2 Å². The molecule has 0 aliphatic rings. The van der Waals surface area contributed by atoms with Crippen LogP contribution in [0.15, 0.2) is 42.5 Å². The van der Waals surface area contributed by atoms with Gasteiger partial charge in [0.25, 0.3) is 0 Å². The molecule has 2 N–H and O–H groups in total. The Bertz CT molecular complexity index is 645. The minimum atomic E-state index is -0.689. The summed E-state index contributed by atoms with van der Waals surface area (Å²) in [5.41, 5.74) is 2.45. The molecule has 2 atom stereocenters. The average Bonchev–Trinajstić information content (AvgIpc) is 2.46. The van der Waals surface area contributed by atoms with Gasteiger partial charge in [0.2, 0.25) is 0 Å². The van der Waals surface area contributed by atoms with Crippen molar-refractivity contribution in [3.63, 3.8) is 0 Å². The van der Waals surface area contributed by atoms with Gasteiger partial charge in [-0.3, -0.25) is 4.90 Å². The molecule has 0 amide bonds. The Labute approximate surface area is 130 Å². The summed E-state index contributed by atoms with van der Waals surface area (Å²) >= 11 is 0. The van der Waals surface area contributed by atoms with E-state index in [1.165, 1.54) is 12.1 Å². The van der Waals surface area contributed by atoms with E-state index in [9.17, 15) is 14.6 Å². The number of phenols is 1. The fraction of sp³-hybridized carbons (Fsp3) is 0.333. The zero-order valence-electron chi connectivity index (χ0n) is 13.1. The summed E-state index contributed by atoms with van der Waals surface area (Å²) in [5, 5.41) is 20.0. The lowest BCUT2D eigenvalue weighted by molar-refractivity contribution is 0.108. The number of hydrogen-bond donors (Lipinski definition) is 2. The fourth-order valence-corrected chi connectivity index (χ4v) is 2.58. The van der Waals surface area contributed by atoms with Crippen LogP contribution in [0.1, 0.15) is 35.8 Å². The number of nitrogens with zero attached hydrogens (tertiary/aromatic N) is 1. The molecule has 0 radical (unpaired) electrons. The van der Waals surface area contributed by atoms with Crippen LogP contribution in [-0.4, -0.2) is 28.7 Å². The van der Waals surface area contributed by atoms with Gasteiger partial charge in [0.1, 0.15) is 11.6 Å². The summed E-state index contributed by atoms with van der Waals surface area (Å²) < 4.78 is 13.1. The van der Waals surface area contributed by atoms with Crippen LogP contribution >= 0.6 is 0 Å². The second kappa shape index (κ2) is 6.90. The maximum Gasteiger partial charge on any atom is 0.123 e. The molecular formula is C18H22FNO2. The summed E-state index contributed by atoms with van der Waals surface area (Å²) in [4.78, 5) is 2.00. The van der Waals surface area contributed by atoms with E-state index in [-0.39, 0.29) is 17.6 Å². The predicted octanol–water partition coefficient (Wildman–Crippen LogP) is 3.57. The molecule has 2 aromatic rings. The number of aliphatic hydroxyl groups is 1. The minimum absolute atomic E-state index is 0.0440. The van der Waals surface area contributed by atoms with Crippen molar-refractivity contribution in [2.75, 3.05) is 13.6 Å². The Morgan fingerprint density at radius 1 is 1.18 bits per heavy atom. The lowest BCUT2D eigenvalue weighted by atomic mass is 10.0. The first-order chi connectivity index (χ1) is 10.4. The minimum Gasteiger partial charge on any atom is -0.508 e. The van der Waals surface area contributed by atoms with Crippen LogP contribution < -0.4 is 0 Å². The summed E-state index contributed by atoms with van der Waals surface area (Å²) in [6, 6.07) is 11.6. The second-order valence-electron chi connectivity index (χ2n) is 5.73. The first-order valence-electron chi connectivity index (χ1n) is 7.31. The van der Waals surface area contributed by atoms with Gasteiger partial charge in [0.05, 0.1) is 6.10 Å². The van der Waals surface area contributed by atoms with Gasteiger partial charge in [-0.2, -0.15) is 0 Å². The van der Waals surface area contributed by atoms with Crippen LogP contribution in [0, 0.1) is 12.7 Å². The SMILES string of the molecule is Cc1cc(F)ccc1C(O)CN(C)C(C)c1cccc(O)c1. The highest BCUT2D eigenvalue weighted by Crippen LogP contribution is 2.25. The summed E-state index contributed by atoms with van der Waals surface area (Å²) in [5.74, 6) is -0.0670. The van der Waals surface area contributed by atoms with Crippen molar-refractivity contribution in [1.29, 1.82) is 0 Å². The van der Waals surface area contributed by atoms with Gasteiger partial charge in [-0.1, -0.05) is 18.2 Å². The normalized spacial score (nSPS) is 14.1. The molecule has 0 aromatic heterocycles. The number of aliphatic hydroxyl groups excluding tert-OH is 1. The maximum atomic E-state index is 13.1. The number of hydrogen-bond acceptors (Lipinski definition) is 3. The van der Waals surface area contributed by atoms with Crippen molar-refractivity contribution >= 4 is 0 Å². The number of aromatic hydroxyl groups is 1. The molecule has 2 aromatic carbocycles. The lowest BCUT2D eigenvalue weighted by Gasteiger charge is -2.28. The standard InChI is InChI=1S/C18H22FNO2/c1-12-9-15(19)7-8-17(12)18(22)11-20(3)13(2)14-5-4-6-16(21)10-14/h4-10,13,18,21-22H,11H2,1-3H3. The number of aryl methyl sites for hydroxylation is 1. The van der Waals surface area contributed by atoms with E-state index in [0.29, 0.717) is 6.54 Å². The molecule has 0 saturated heterocycles. The first kappa shape index (κ1) is 16.5. The molecule has 0 aliphatic heterocycles. The highest BCUT2D eigenvalue weighted by molar-refractivity contribution is 5.30. The Hall–Kier alpha value is -1.91. The molecule has 0 bridgehead atoms. The summed E-state index contributed by atoms with van der Waals surface area (Å²) in [7, 11) is 1.91. The second-order valence-corrected chi connectivity index (χ2v) is 5.73. The van der Waals surface area contributed by atoms with Crippen LogP contribution in [0.3, 0.4) is 0 Å². The third-order valence-corrected chi connectivity index (χ3v) is 4.07. The monoisotopic (exact) mass is 303 g/mol. The van der Waals surface area contributed by atoms with E-state index in [0.717, 1.165) is 16.7 Å². The van der Waals surface area contributed by atoms with E-state index >= 15 is 0 Å². The third kappa shape index (κ3) is 3.84. The molecule has 0 spiro atoms. The average molecular weight is 303 g/mol. The number of benzene rings is 2. The van der Waals surface area contributed by atoms with Crippen LogP contribution in [0.25, 0.3) is 0 Å². The number of likely N-dealkylation sites (N-methyl/N-ethyl adjacent to an activating group) is 1. The van der Waals surface area contributed by atoms with E-state index < -0.39 is 6.10 Å². The first-order valence-corrected chi connectivity index (χ1v) is 7.31. The van der Waals surface area contributed by atoms with Gasteiger partial charge in [0.15, 0.2) is 0 Å². The van der Waals surface area contributed by atoms with E-state index in [1.807, 2.05) is 24.9 Å². The highest BCUT2D eigenvalue weighted by atomic mass is 19.1. The smallest absolute Gasteiger partial charge is 0.123 e. The Kier molecular flexibility index (Phi) is 5.16. The lowest BCUT2D eigenvalue weighted by Crippen LogP contribution is -2.27. The molecule has 0 heterocycles. The third-order valence-electron chi connectivity index (χ3n) is 4.07. The molecule has 0 fully saturated rings. The van der Waals surface area contributed by atoms with E-state index in [4.69, 9.17) is 0 Å². The molecule has 22 heavy (non-hydrogen) atoms. The van der Waals surface area contributed by atoms with Crippen LogP contribution in [-0.2, 0) is 0 Å². The Balaban J connectivity index is 2.08. The van der Waals surface area contributed by atoms with Gasteiger partial charge in [-0.25, -0.2) is 4.39 Å². The molecule has 4 heteroatoms. The Morgan fingerprint density at radius 2 is 1.91 bits per heavy atom. The molecule has 2 rings (SSSR count). The van der Waals surface area contributed by atoms with Crippen molar-refractivity contribution in [1.82, 2.24) is 4.90 Å². The predicted molar refractivity (Wildman–Crippen MR) is 85.2 cm³/mol. The van der Waals surface area contributed by atoms with Crippen molar-refractivity contribution < 1.29 is 14.6 Å². The number of phenolic OH excluding ortho intramolecular Hbond substituents is 1. The van der Waals surface area contributed by atoms with Gasteiger partial charge >= 0.3 is 0 Å². The van der Waals surface area contributed by atoms with Crippen LogP contribution in [0.5, 0.6) is 5.75 Å². The quantitative estimate of drug-likeness (QED) is 0.887. The van der Waals surface area contributed by atoms with E-state index in [2.05, 4.69) is 0 Å². The zero-order chi connectivity index (χ0) is 16.3. The number of halogens is 1. The largest absolute Gasteiger partial charge is 0.508 e. The summed E-state index contributed by atoms with van der Waals surface area (Å²) in [6.07, 6.45) is -0.689. The van der Waals surface area contributed by atoms with Crippen molar-refractivity contribution in [2.24, 2.45) is 0 Å². The highest BCUT2D eigenvalue weighted by Gasteiger charge is 2.18. The van der Waals surface area contributed by atoms with Gasteiger partial charge in [-0.05, 0) is 61.9 Å². The van der Waals surface area contributed by atoms with Crippen LogP contribution in [0.4, 0.5) is 4.39 Å². The van der Waals surface area contributed by atoms with Crippen molar-refractivity contribution in [3.05, 3.63) is 65.0 Å². The van der Waals surface area contributed by atoms with E-state index in [1.54, 1.807) is 31.2 Å². The zero-order valence-corrected chi connectivity index (χ0v) is 13.1. The molecular weight excluding hydrogens is 281 g/mol. The topological polar surface area (TPSA) is 43.7 Å². The van der Waals surface area contributed by atoms with Crippen molar-refractivity contribution in [2.45, 2.75) is 26.0 Å². The fourth-order valence-electron chi connectivity index (χ4n) is 2.58. The molecule has 0 saturated carbocycles. The van der Waals surface area contributed by atoms with Gasteiger partial charge in [0, 0.05) is 12.6 Å². The molecule has 0 aliphatic carbocycles. The summed E-state index contributed by atoms with van der Waals surface area (Å²) in [6.45, 7) is 4.22.